The zero-order valence-corrected chi connectivity index (χ0v) is 12.7. The van der Waals surface area contributed by atoms with Crippen LogP contribution in [-0.2, 0) is 0 Å². The first-order chi connectivity index (χ1) is 9.55. The Hall–Kier alpha value is -1.49. The molecule has 1 atom stereocenters. The Kier molecular flexibility index (Phi) is 4.70. The zero-order valence-electron chi connectivity index (χ0n) is 12.7. The molecule has 1 unspecified atom stereocenters. The summed E-state index contributed by atoms with van der Waals surface area (Å²) in [5.74, 6) is -0.0201. The van der Waals surface area contributed by atoms with Crippen molar-refractivity contribution in [1.29, 1.82) is 0 Å². The van der Waals surface area contributed by atoms with E-state index in [-0.39, 0.29) is 11.9 Å². The summed E-state index contributed by atoms with van der Waals surface area (Å²) in [4.78, 5) is 14.7. The van der Waals surface area contributed by atoms with Gasteiger partial charge < -0.3 is 20.5 Å². The Morgan fingerprint density at radius 3 is 2.70 bits per heavy atom. The van der Waals surface area contributed by atoms with Crippen molar-refractivity contribution < 1.29 is 4.79 Å². The van der Waals surface area contributed by atoms with Crippen LogP contribution in [0.2, 0.25) is 0 Å². The minimum atomic E-state index is -0.0201. The summed E-state index contributed by atoms with van der Waals surface area (Å²) in [5.41, 5.74) is 7.18. The highest BCUT2D eigenvalue weighted by molar-refractivity contribution is 5.94. The maximum atomic E-state index is 12.4. The van der Waals surface area contributed by atoms with Gasteiger partial charge >= 0.3 is 0 Å². The summed E-state index contributed by atoms with van der Waals surface area (Å²) in [6.45, 7) is 9.19. The number of anilines is 1. The lowest BCUT2D eigenvalue weighted by Crippen LogP contribution is -2.42. The van der Waals surface area contributed by atoms with Crippen LogP contribution in [-0.4, -0.2) is 41.1 Å². The lowest BCUT2D eigenvalue weighted by atomic mass is 10.2. The number of nitrogens with one attached hydrogen (secondary N) is 1. The van der Waals surface area contributed by atoms with Gasteiger partial charge in [-0.1, -0.05) is 13.8 Å². The molecule has 1 aliphatic rings. The zero-order chi connectivity index (χ0) is 14.7. The number of nitrogens with zero attached hydrogens (tertiary/aromatic N) is 2. The van der Waals surface area contributed by atoms with E-state index in [2.05, 4.69) is 24.1 Å². The fourth-order valence-corrected chi connectivity index (χ4v) is 2.55. The fraction of sp³-hybridized carbons (Fsp3) is 0.667. The van der Waals surface area contributed by atoms with Gasteiger partial charge in [-0.25, -0.2) is 0 Å². The normalized spacial score (nSPS) is 16.4. The molecule has 0 saturated heterocycles. The van der Waals surface area contributed by atoms with Crippen molar-refractivity contribution >= 4 is 11.6 Å². The first-order valence-corrected chi connectivity index (χ1v) is 7.55. The van der Waals surface area contributed by atoms with Crippen LogP contribution in [0.25, 0.3) is 0 Å². The average molecular weight is 278 g/mol. The summed E-state index contributed by atoms with van der Waals surface area (Å²) < 4.78 is 2.02. The van der Waals surface area contributed by atoms with E-state index in [1.54, 1.807) is 6.07 Å². The number of nitrogen functional groups attached to an aromatic ring is 1. The molecule has 1 aliphatic carbocycles. The van der Waals surface area contributed by atoms with E-state index >= 15 is 0 Å². The number of nitrogens with two attached hydrogens (primary N) is 1. The van der Waals surface area contributed by atoms with Gasteiger partial charge in [0.15, 0.2) is 0 Å². The van der Waals surface area contributed by atoms with Gasteiger partial charge in [-0.2, -0.15) is 0 Å². The van der Waals surface area contributed by atoms with Gasteiger partial charge in [0.1, 0.15) is 5.69 Å². The first kappa shape index (κ1) is 14.9. The number of carbonyl (C=O) groups excluding carboxylic acids is 1. The third-order valence-electron chi connectivity index (χ3n) is 3.85. The molecule has 0 radical (unpaired) electrons. The Morgan fingerprint density at radius 2 is 2.15 bits per heavy atom. The summed E-state index contributed by atoms with van der Waals surface area (Å²) >= 11 is 0. The molecular formula is C15H26N4O. The molecule has 1 aromatic rings. The lowest BCUT2D eigenvalue weighted by molar-refractivity contribution is 0.0920. The van der Waals surface area contributed by atoms with Crippen LogP contribution in [0.15, 0.2) is 12.3 Å². The third kappa shape index (κ3) is 3.54. The second-order valence-electron chi connectivity index (χ2n) is 5.66. The minimum Gasteiger partial charge on any atom is -0.397 e. The van der Waals surface area contributed by atoms with E-state index in [0.717, 1.165) is 32.5 Å². The van der Waals surface area contributed by atoms with E-state index in [1.807, 2.05) is 17.7 Å². The van der Waals surface area contributed by atoms with Crippen molar-refractivity contribution in [2.24, 2.45) is 0 Å². The monoisotopic (exact) mass is 278 g/mol. The fourth-order valence-electron chi connectivity index (χ4n) is 2.55. The van der Waals surface area contributed by atoms with Gasteiger partial charge in [0.2, 0.25) is 0 Å². The van der Waals surface area contributed by atoms with Crippen molar-refractivity contribution in [3.8, 4) is 0 Å². The van der Waals surface area contributed by atoms with Crippen molar-refractivity contribution in [3.05, 3.63) is 18.0 Å². The molecule has 3 N–H and O–H groups in total. The van der Waals surface area contributed by atoms with E-state index in [0.29, 0.717) is 17.4 Å². The van der Waals surface area contributed by atoms with E-state index in [1.165, 1.54) is 0 Å². The molecule has 1 fully saturated rings. The van der Waals surface area contributed by atoms with Gasteiger partial charge in [-0.3, -0.25) is 4.79 Å². The van der Waals surface area contributed by atoms with Crippen molar-refractivity contribution in [1.82, 2.24) is 14.8 Å². The Morgan fingerprint density at radius 1 is 1.50 bits per heavy atom. The Bertz CT molecular complexity index is 460. The standard InChI is InChI=1S/C15H26N4O/c1-4-18(5-2)9-11(3)17-15(20)14-8-12(16)10-19(14)13-6-7-13/h8,10-11,13H,4-7,9,16H2,1-3H3,(H,17,20). The number of hydrogen-bond donors (Lipinski definition) is 2. The van der Waals surface area contributed by atoms with E-state index < -0.39 is 0 Å². The molecule has 1 heterocycles. The van der Waals surface area contributed by atoms with Gasteiger partial charge in [0, 0.05) is 24.8 Å². The highest BCUT2D eigenvalue weighted by Gasteiger charge is 2.28. The van der Waals surface area contributed by atoms with Crippen LogP contribution in [0.1, 0.15) is 50.1 Å². The maximum Gasteiger partial charge on any atom is 0.268 e. The third-order valence-corrected chi connectivity index (χ3v) is 3.85. The molecule has 0 spiro atoms. The second-order valence-corrected chi connectivity index (χ2v) is 5.66. The molecule has 5 heteroatoms. The number of hydrogen-bond acceptors (Lipinski definition) is 3. The van der Waals surface area contributed by atoms with Crippen LogP contribution in [0.5, 0.6) is 0 Å². The predicted octanol–water partition coefficient (Wildman–Crippen LogP) is 1.87. The number of carbonyl (C=O) groups is 1. The van der Waals surface area contributed by atoms with Gasteiger partial charge in [-0.05, 0) is 38.9 Å². The molecule has 1 saturated carbocycles. The smallest absolute Gasteiger partial charge is 0.268 e. The van der Waals surface area contributed by atoms with E-state index in [9.17, 15) is 4.79 Å². The van der Waals surface area contributed by atoms with Crippen LogP contribution < -0.4 is 11.1 Å². The van der Waals surface area contributed by atoms with Crippen molar-refractivity contribution in [2.45, 2.75) is 45.7 Å². The van der Waals surface area contributed by atoms with Crippen molar-refractivity contribution in [2.75, 3.05) is 25.4 Å². The molecule has 0 aromatic carbocycles. The minimum absolute atomic E-state index is 0.0201. The molecule has 0 bridgehead atoms. The molecule has 2 rings (SSSR count). The van der Waals surface area contributed by atoms with Crippen LogP contribution in [0.3, 0.4) is 0 Å². The Balaban J connectivity index is 1.97. The van der Waals surface area contributed by atoms with Gasteiger partial charge in [0.05, 0.1) is 5.69 Å². The van der Waals surface area contributed by atoms with Crippen LogP contribution in [0, 0.1) is 0 Å². The number of rotatable bonds is 7. The number of amides is 1. The summed E-state index contributed by atoms with van der Waals surface area (Å²) in [7, 11) is 0. The highest BCUT2D eigenvalue weighted by Crippen LogP contribution is 2.37. The van der Waals surface area contributed by atoms with Crippen LogP contribution in [0.4, 0.5) is 5.69 Å². The first-order valence-electron chi connectivity index (χ1n) is 7.55. The summed E-state index contributed by atoms with van der Waals surface area (Å²) in [6, 6.07) is 2.37. The van der Waals surface area contributed by atoms with Gasteiger partial charge in [-0.15, -0.1) is 0 Å². The SMILES string of the molecule is CCN(CC)CC(C)NC(=O)c1cc(N)cn1C1CC1. The summed E-state index contributed by atoms with van der Waals surface area (Å²) in [5, 5.41) is 3.07. The average Bonchev–Trinajstić information content (AvgIpc) is 3.18. The largest absolute Gasteiger partial charge is 0.397 e. The molecule has 0 aliphatic heterocycles. The predicted molar refractivity (Wildman–Crippen MR) is 81.8 cm³/mol. The quantitative estimate of drug-likeness (QED) is 0.800. The number of likely N-dealkylation sites (N-methyl/N-ethyl adjacent to an activating group) is 1. The molecule has 20 heavy (non-hydrogen) atoms. The lowest BCUT2D eigenvalue weighted by Gasteiger charge is -2.23. The molecule has 1 aromatic heterocycles. The van der Waals surface area contributed by atoms with Gasteiger partial charge in [0.25, 0.3) is 5.91 Å². The molecular weight excluding hydrogens is 252 g/mol. The topological polar surface area (TPSA) is 63.3 Å². The van der Waals surface area contributed by atoms with Crippen LogP contribution >= 0.6 is 0 Å². The molecule has 1 amide bonds. The molecule has 112 valence electrons. The highest BCUT2D eigenvalue weighted by atomic mass is 16.2. The maximum absolute atomic E-state index is 12.4. The number of aromatic nitrogens is 1. The van der Waals surface area contributed by atoms with E-state index in [4.69, 9.17) is 5.73 Å². The second kappa shape index (κ2) is 6.31. The summed E-state index contributed by atoms with van der Waals surface area (Å²) in [6.07, 6.45) is 4.16. The molecule has 5 nitrogen and oxygen atoms in total. The Labute approximate surface area is 121 Å². The van der Waals surface area contributed by atoms with Crippen molar-refractivity contribution in [3.63, 3.8) is 0 Å².